The number of aromatic nitrogens is 1. The van der Waals surface area contributed by atoms with Gasteiger partial charge >= 0.3 is 0 Å². The van der Waals surface area contributed by atoms with Gasteiger partial charge in [-0.15, -0.1) is 0 Å². The Morgan fingerprint density at radius 2 is 1.58 bits per heavy atom. The van der Waals surface area contributed by atoms with E-state index >= 15 is 0 Å². The first-order chi connectivity index (χ1) is 18.5. The fourth-order valence-electron chi connectivity index (χ4n) is 4.08. The number of carbonyl (C=O) groups is 2. The highest BCUT2D eigenvalue weighted by molar-refractivity contribution is 5.97. The Kier molecular flexibility index (Phi) is 9.07. The highest BCUT2D eigenvalue weighted by Gasteiger charge is 2.22. The van der Waals surface area contributed by atoms with Crippen molar-refractivity contribution in [2.75, 3.05) is 25.5 Å². The molecule has 0 bridgehead atoms. The third-order valence-corrected chi connectivity index (χ3v) is 6.15. The molecule has 1 heterocycles. The number of nitrogens with zero attached hydrogens (tertiary/aromatic N) is 1. The highest BCUT2D eigenvalue weighted by atomic mass is 16.5. The minimum atomic E-state index is -0.726. The van der Waals surface area contributed by atoms with Gasteiger partial charge in [-0.25, -0.2) is 0 Å². The number of anilines is 1. The number of carbonyl (C=O) groups excluding carboxylic acids is 2. The van der Waals surface area contributed by atoms with E-state index in [1.807, 2.05) is 85.8 Å². The zero-order chi connectivity index (χ0) is 26.7. The molecule has 0 aliphatic rings. The van der Waals surface area contributed by atoms with Crippen LogP contribution < -0.4 is 20.7 Å². The highest BCUT2D eigenvalue weighted by Crippen LogP contribution is 2.19. The summed E-state index contributed by atoms with van der Waals surface area (Å²) in [6.07, 6.45) is 3.88. The molecule has 0 aliphatic heterocycles. The molecule has 194 valence electrons. The van der Waals surface area contributed by atoms with Crippen molar-refractivity contribution in [2.45, 2.75) is 19.4 Å². The SMILES string of the molecule is COc1ccc(NCCNC(=O)[C@H](Cc2ccc(-c3ccncc3)cc2)NC(=O)c2cccc(C)c2)cc1. The average molecular weight is 509 g/mol. The second-order valence-corrected chi connectivity index (χ2v) is 8.98. The predicted octanol–water partition coefficient (Wildman–Crippen LogP) is 4.64. The van der Waals surface area contributed by atoms with Gasteiger partial charge in [-0.3, -0.25) is 14.6 Å². The molecule has 7 nitrogen and oxygen atoms in total. The molecule has 1 atom stereocenters. The molecule has 3 aromatic carbocycles. The van der Waals surface area contributed by atoms with E-state index in [4.69, 9.17) is 4.74 Å². The van der Waals surface area contributed by atoms with Crippen LogP contribution in [0.4, 0.5) is 5.69 Å². The minimum Gasteiger partial charge on any atom is -0.497 e. The number of nitrogens with one attached hydrogen (secondary N) is 3. The summed E-state index contributed by atoms with van der Waals surface area (Å²) in [5.74, 6) is 0.268. The van der Waals surface area contributed by atoms with Crippen molar-refractivity contribution in [3.8, 4) is 16.9 Å². The van der Waals surface area contributed by atoms with Gasteiger partial charge in [-0.2, -0.15) is 0 Å². The monoisotopic (exact) mass is 508 g/mol. The molecule has 0 fully saturated rings. The molecule has 0 aliphatic carbocycles. The van der Waals surface area contributed by atoms with E-state index in [0.717, 1.165) is 33.7 Å². The number of amides is 2. The molecular formula is C31H32N4O3. The molecule has 0 saturated heterocycles. The van der Waals surface area contributed by atoms with Crippen LogP contribution in [0.2, 0.25) is 0 Å². The first-order valence-electron chi connectivity index (χ1n) is 12.5. The van der Waals surface area contributed by atoms with Crippen LogP contribution in [-0.2, 0) is 11.2 Å². The third kappa shape index (κ3) is 7.43. The Morgan fingerprint density at radius 1 is 0.868 bits per heavy atom. The second-order valence-electron chi connectivity index (χ2n) is 8.98. The Hall–Kier alpha value is -4.65. The van der Waals surface area contributed by atoms with E-state index < -0.39 is 6.04 Å². The summed E-state index contributed by atoms with van der Waals surface area (Å²) in [5, 5.41) is 9.16. The molecule has 0 unspecified atom stereocenters. The molecule has 0 spiro atoms. The summed E-state index contributed by atoms with van der Waals surface area (Å²) in [7, 11) is 1.63. The van der Waals surface area contributed by atoms with Crippen LogP contribution >= 0.6 is 0 Å². The quantitative estimate of drug-likeness (QED) is 0.257. The second kappa shape index (κ2) is 13.1. The molecular weight excluding hydrogens is 476 g/mol. The molecule has 4 aromatic rings. The van der Waals surface area contributed by atoms with Crippen LogP contribution in [0, 0.1) is 6.92 Å². The number of ether oxygens (including phenoxy) is 1. The van der Waals surface area contributed by atoms with Gasteiger partial charge in [-0.1, -0.05) is 42.0 Å². The molecule has 2 amide bonds. The fraction of sp³-hybridized carbons (Fsp3) is 0.194. The molecule has 0 radical (unpaired) electrons. The third-order valence-electron chi connectivity index (χ3n) is 6.15. The number of methoxy groups -OCH3 is 1. The molecule has 4 rings (SSSR count). The Balaban J connectivity index is 1.40. The number of rotatable bonds is 11. The smallest absolute Gasteiger partial charge is 0.251 e. The maximum Gasteiger partial charge on any atom is 0.251 e. The van der Waals surface area contributed by atoms with Crippen LogP contribution in [0.15, 0.2) is 97.3 Å². The van der Waals surface area contributed by atoms with Crippen LogP contribution in [-0.4, -0.2) is 43.0 Å². The normalized spacial score (nSPS) is 11.3. The number of benzene rings is 3. The largest absolute Gasteiger partial charge is 0.497 e. The summed E-state index contributed by atoms with van der Waals surface area (Å²) in [5.41, 5.74) is 5.51. The van der Waals surface area contributed by atoms with Gasteiger partial charge in [0.2, 0.25) is 5.91 Å². The lowest BCUT2D eigenvalue weighted by Crippen LogP contribution is -2.48. The summed E-state index contributed by atoms with van der Waals surface area (Å²) < 4.78 is 5.18. The number of hydrogen-bond acceptors (Lipinski definition) is 5. The van der Waals surface area contributed by atoms with Crippen molar-refractivity contribution in [1.29, 1.82) is 0 Å². The predicted molar refractivity (Wildman–Crippen MR) is 150 cm³/mol. The maximum absolute atomic E-state index is 13.2. The van der Waals surface area contributed by atoms with E-state index in [0.29, 0.717) is 25.1 Å². The van der Waals surface area contributed by atoms with Crippen LogP contribution in [0.5, 0.6) is 5.75 Å². The van der Waals surface area contributed by atoms with Gasteiger partial charge in [0.1, 0.15) is 11.8 Å². The molecule has 1 aromatic heterocycles. The van der Waals surface area contributed by atoms with Gasteiger partial charge in [0.15, 0.2) is 0 Å². The molecule has 7 heteroatoms. The summed E-state index contributed by atoms with van der Waals surface area (Å²) >= 11 is 0. The Bertz CT molecular complexity index is 1340. The number of hydrogen-bond donors (Lipinski definition) is 3. The first-order valence-corrected chi connectivity index (χ1v) is 12.5. The number of pyridine rings is 1. The lowest BCUT2D eigenvalue weighted by atomic mass is 10.0. The van der Waals surface area contributed by atoms with Crippen LogP contribution in [0.25, 0.3) is 11.1 Å². The lowest BCUT2D eigenvalue weighted by Gasteiger charge is -2.19. The van der Waals surface area contributed by atoms with E-state index in [9.17, 15) is 9.59 Å². The molecule has 3 N–H and O–H groups in total. The van der Waals surface area contributed by atoms with Crippen molar-refractivity contribution in [3.63, 3.8) is 0 Å². The summed E-state index contributed by atoms with van der Waals surface area (Å²) in [6.45, 7) is 2.88. The Morgan fingerprint density at radius 3 is 2.26 bits per heavy atom. The summed E-state index contributed by atoms with van der Waals surface area (Å²) in [6, 6.07) is 26.1. The fourth-order valence-corrected chi connectivity index (χ4v) is 4.08. The van der Waals surface area contributed by atoms with Crippen molar-refractivity contribution < 1.29 is 14.3 Å². The Labute approximate surface area is 223 Å². The van der Waals surface area contributed by atoms with Gasteiger partial charge < -0.3 is 20.7 Å². The van der Waals surface area contributed by atoms with Crippen molar-refractivity contribution in [2.24, 2.45) is 0 Å². The van der Waals surface area contributed by atoms with Gasteiger partial charge in [0, 0.05) is 43.2 Å². The van der Waals surface area contributed by atoms with Crippen LogP contribution in [0.3, 0.4) is 0 Å². The van der Waals surface area contributed by atoms with Gasteiger partial charge in [-0.05, 0) is 72.1 Å². The maximum atomic E-state index is 13.2. The van der Waals surface area contributed by atoms with Gasteiger partial charge in [0.05, 0.1) is 7.11 Å². The van der Waals surface area contributed by atoms with Gasteiger partial charge in [0.25, 0.3) is 5.91 Å². The van der Waals surface area contributed by atoms with Crippen molar-refractivity contribution >= 4 is 17.5 Å². The van der Waals surface area contributed by atoms with E-state index in [-0.39, 0.29) is 11.8 Å². The van der Waals surface area contributed by atoms with Crippen molar-refractivity contribution in [1.82, 2.24) is 15.6 Å². The number of aryl methyl sites for hydroxylation is 1. The average Bonchev–Trinajstić information content (AvgIpc) is 2.96. The van der Waals surface area contributed by atoms with E-state index in [1.54, 1.807) is 25.6 Å². The topological polar surface area (TPSA) is 92.3 Å². The molecule has 38 heavy (non-hydrogen) atoms. The zero-order valence-corrected chi connectivity index (χ0v) is 21.6. The molecule has 0 saturated carbocycles. The first kappa shape index (κ1) is 26.4. The minimum absolute atomic E-state index is 0.235. The lowest BCUT2D eigenvalue weighted by molar-refractivity contribution is -0.122. The van der Waals surface area contributed by atoms with Crippen molar-refractivity contribution in [3.05, 3.63) is 114 Å². The summed E-state index contributed by atoms with van der Waals surface area (Å²) in [4.78, 5) is 30.2. The zero-order valence-electron chi connectivity index (χ0n) is 21.6. The van der Waals surface area contributed by atoms with E-state index in [1.165, 1.54) is 0 Å². The van der Waals surface area contributed by atoms with Crippen LogP contribution in [0.1, 0.15) is 21.5 Å². The van der Waals surface area contributed by atoms with E-state index in [2.05, 4.69) is 20.9 Å². The standard InChI is InChI=1S/C31H32N4O3/c1-22-4-3-5-26(20-22)30(36)35-29(21-23-6-8-24(9-7-23)25-14-16-32-17-15-25)31(37)34-19-18-33-27-10-12-28(38-2)13-11-27/h3-17,20,29,33H,18-19,21H2,1-2H3,(H,34,37)(H,35,36)/t29-/m0/s1.